The van der Waals surface area contributed by atoms with Crippen LogP contribution < -0.4 is 0 Å². The zero-order valence-corrected chi connectivity index (χ0v) is 11.5. The number of aromatic nitrogens is 1. The predicted octanol–water partition coefficient (Wildman–Crippen LogP) is 4.82. The van der Waals surface area contributed by atoms with Gasteiger partial charge >= 0.3 is 0 Å². The van der Waals surface area contributed by atoms with E-state index in [1.165, 1.54) is 10.9 Å². The van der Waals surface area contributed by atoms with E-state index in [1.807, 2.05) is 48.7 Å². The third-order valence-electron chi connectivity index (χ3n) is 2.51. The van der Waals surface area contributed by atoms with Gasteiger partial charge in [-0.3, -0.25) is 4.98 Å². The van der Waals surface area contributed by atoms with Gasteiger partial charge in [-0.25, -0.2) is 0 Å². The molecule has 90 valence electrons. The van der Waals surface area contributed by atoms with Crippen LogP contribution in [0, 0.1) is 0 Å². The third kappa shape index (κ3) is 3.67. The maximum atomic E-state index is 4.18. The number of benzene rings is 2. The van der Waals surface area contributed by atoms with Crippen LogP contribution in [-0.2, 0) is 5.33 Å². The van der Waals surface area contributed by atoms with Gasteiger partial charge in [-0.05, 0) is 17.7 Å². The molecule has 0 radical (unpaired) electrons. The van der Waals surface area contributed by atoms with Crippen LogP contribution in [0.1, 0.15) is 5.56 Å². The normalized spacial score (nSPS) is 9.61. The van der Waals surface area contributed by atoms with E-state index in [9.17, 15) is 0 Å². The Hall–Kier alpha value is -1.67. The van der Waals surface area contributed by atoms with Crippen molar-refractivity contribution in [1.29, 1.82) is 0 Å². The monoisotopic (exact) mass is 299 g/mol. The number of rotatable bonds is 1. The minimum absolute atomic E-state index is 0.952. The van der Waals surface area contributed by atoms with Gasteiger partial charge in [-0.2, -0.15) is 0 Å². The molecule has 3 rings (SSSR count). The zero-order valence-electron chi connectivity index (χ0n) is 9.96. The van der Waals surface area contributed by atoms with Gasteiger partial charge in [0, 0.05) is 16.9 Å². The SMILES string of the molecule is BrCc1ccccc1.c1ccc2ncccc2c1. The molecule has 1 aromatic heterocycles. The summed E-state index contributed by atoms with van der Waals surface area (Å²) in [6.45, 7) is 0. The lowest BCUT2D eigenvalue weighted by Crippen LogP contribution is -1.73. The second-order valence-electron chi connectivity index (χ2n) is 3.82. The summed E-state index contributed by atoms with van der Waals surface area (Å²) in [5.74, 6) is 0. The maximum absolute atomic E-state index is 4.18. The lowest BCUT2D eigenvalue weighted by Gasteiger charge is -1.91. The van der Waals surface area contributed by atoms with Crippen molar-refractivity contribution in [1.82, 2.24) is 4.98 Å². The average Bonchev–Trinajstić information content (AvgIpc) is 2.49. The molecule has 0 amide bonds. The van der Waals surface area contributed by atoms with E-state index in [0.29, 0.717) is 0 Å². The van der Waals surface area contributed by atoms with Crippen molar-refractivity contribution in [2.75, 3.05) is 0 Å². The molecule has 18 heavy (non-hydrogen) atoms. The summed E-state index contributed by atoms with van der Waals surface area (Å²) in [4.78, 5) is 4.18. The molecule has 0 unspecified atom stereocenters. The zero-order chi connectivity index (χ0) is 12.6. The Labute approximate surface area is 116 Å². The number of hydrogen-bond acceptors (Lipinski definition) is 1. The molecule has 0 aliphatic heterocycles. The van der Waals surface area contributed by atoms with Crippen molar-refractivity contribution in [2.45, 2.75) is 5.33 Å². The summed E-state index contributed by atoms with van der Waals surface area (Å²) in [7, 11) is 0. The molecule has 1 heterocycles. The second-order valence-corrected chi connectivity index (χ2v) is 4.38. The second kappa shape index (κ2) is 6.92. The predicted molar refractivity (Wildman–Crippen MR) is 80.8 cm³/mol. The minimum atomic E-state index is 0.952. The van der Waals surface area contributed by atoms with Crippen molar-refractivity contribution in [3.63, 3.8) is 0 Å². The van der Waals surface area contributed by atoms with Gasteiger partial charge in [-0.15, -0.1) is 0 Å². The number of fused-ring (bicyclic) bond motifs is 1. The van der Waals surface area contributed by atoms with Crippen molar-refractivity contribution in [3.05, 3.63) is 78.5 Å². The summed E-state index contributed by atoms with van der Waals surface area (Å²) < 4.78 is 0. The standard InChI is InChI=1S/C9H7N.C7H7Br/c1-2-6-9-8(4-1)5-3-7-10-9;8-6-7-4-2-1-3-5-7/h1-7H;1-5H,6H2. The van der Waals surface area contributed by atoms with Crippen LogP contribution in [0.4, 0.5) is 0 Å². The molecule has 0 bridgehead atoms. The van der Waals surface area contributed by atoms with Gasteiger partial charge in [0.05, 0.1) is 5.52 Å². The first-order chi connectivity index (χ1) is 8.90. The molecule has 0 fully saturated rings. The number of alkyl halides is 1. The fourth-order valence-corrected chi connectivity index (χ4v) is 1.96. The fraction of sp³-hybridized carbons (Fsp3) is 0.0625. The summed E-state index contributed by atoms with van der Waals surface area (Å²) >= 11 is 3.36. The van der Waals surface area contributed by atoms with E-state index in [-0.39, 0.29) is 0 Å². The molecular formula is C16H14BrN. The van der Waals surface area contributed by atoms with E-state index < -0.39 is 0 Å². The fourth-order valence-electron chi connectivity index (χ4n) is 1.58. The van der Waals surface area contributed by atoms with Crippen molar-refractivity contribution < 1.29 is 0 Å². The molecule has 0 saturated heterocycles. The van der Waals surface area contributed by atoms with Crippen LogP contribution in [0.5, 0.6) is 0 Å². The van der Waals surface area contributed by atoms with Gasteiger partial charge in [-0.1, -0.05) is 70.5 Å². The van der Waals surface area contributed by atoms with Gasteiger partial charge in [0.2, 0.25) is 0 Å². The van der Waals surface area contributed by atoms with Crippen LogP contribution in [0.25, 0.3) is 10.9 Å². The lowest BCUT2D eigenvalue weighted by atomic mass is 10.2. The molecular weight excluding hydrogens is 286 g/mol. The summed E-state index contributed by atoms with van der Waals surface area (Å²) in [5.41, 5.74) is 2.39. The first-order valence-corrected chi connectivity index (χ1v) is 6.92. The highest BCUT2D eigenvalue weighted by molar-refractivity contribution is 9.08. The lowest BCUT2D eigenvalue weighted by molar-refractivity contribution is 1.41. The maximum Gasteiger partial charge on any atom is 0.0701 e. The van der Waals surface area contributed by atoms with Crippen LogP contribution in [0.2, 0.25) is 0 Å². The largest absolute Gasteiger partial charge is 0.256 e. The van der Waals surface area contributed by atoms with E-state index in [2.05, 4.69) is 45.2 Å². The Balaban J connectivity index is 0.000000138. The van der Waals surface area contributed by atoms with Crippen molar-refractivity contribution >= 4 is 26.8 Å². The number of para-hydroxylation sites is 1. The van der Waals surface area contributed by atoms with Gasteiger partial charge in [0.15, 0.2) is 0 Å². The molecule has 0 saturated carbocycles. The van der Waals surface area contributed by atoms with E-state index >= 15 is 0 Å². The average molecular weight is 300 g/mol. The Morgan fingerprint density at radius 2 is 1.44 bits per heavy atom. The van der Waals surface area contributed by atoms with E-state index in [0.717, 1.165) is 10.8 Å². The third-order valence-corrected chi connectivity index (χ3v) is 3.16. The molecule has 3 aromatic rings. The topological polar surface area (TPSA) is 12.9 Å². The smallest absolute Gasteiger partial charge is 0.0701 e. The molecule has 2 heteroatoms. The number of pyridine rings is 1. The molecule has 1 nitrogen and oxygen atoms in total. The van der Waals surface area contributed by atoms with Crippen LogP contribution in [-0.4, -0.2) is 4.98 Å². The highest BCUT2D eigenvalue weighted by Crippen LogP contribution is 2.07. The summed E-state index contributed by atoms with van der Waals surface area (Å²) in [5, 5.41) is 2.15. The number of halogens is 1. The molecule has 0 aliphatic carbocycles. The van der Waals surface area contributed by atoms with Gasteiger partial charge in [0.25, 0.3) is 0 Å². The van der Waals surface area contributed by atoms with Crippen LogP contribution in [0.15, 0.2) is 72.9 Å². The van der Waals surface area contributed by atoms with Crippen LogP contribution >= 0.6 is 15.9 Å². The summed E-state index contributed by atoms with van der Waals surface area (Å²) in [6.07, 6.45) is 1.81. The summed E-state index contributed by atoms with van der Waals surface area (Å²) in [6, 6.07) is 22.4. The molecule has 0 N–H and O–H groups in total. The van der Waals surface area contributed by atoms with E-state index in [4.69, 9.17) is 0 Å². The first kappa shape index (κ1) is 12.8. The molecule has 0 spiro atoms. The highest BCUT2D eigenvalue weighted by Gasteiger charge is 1.86. The Morgan fingerprint density at radius 1 is 0.778 bits per heavy atom. The molecule has 2 aromatic carbocycles. The van der Waals surface area contributed by atoms with Crippen LogP contribution in [0.3, 0.4) is 0 Å². The minimum Gasteiger partial charge on any atom is -0.256 e. The molecule has 0 aliphatic rings. The van der Waals surface area contributed by atoms with E-state index in [1.54, 1.807) is 0 Å². The Kier molecular flexibility index (Phi) is 4.91. The number of hydrogen-bond donors (Lipinski definition) is 0. The van der Waals surface area contributed by atoms with Gasteiger partial charge in [0.1, 0.15) is 0 Å². The first-order valence-electron chi connectivity index (χ1n) is 5.80. The quantitative estimate of drug-likeness (QED) is 0.587. The van der Waals surface area contributed by atoms with Crippen molar-refractivity contribution in [3.8, 4) is 0 Å². The number of nitrogens with zero attached hydrogens (tertiary/aromatic N) is 1. The van der Waals surface area contributed by atoms with Gasteiger partial charge < -0.3 is 0 Å². The Morgan fingerprint density at radius 3 is 2.11 bits per heavy atom. The highest BCUT2D eigenvalue weighted by atomic mass is 79.9. The van der Waals surface area contributed by atoms with Crippen molar-refractivity contribution in [2.24, 2.45) is 0 Å². The molecule has 0 atom stereocenters. The Bertz CT molecular complexity index is 528.